The molecule has 0 bridgehead atoms. The molecule has 0 saturated heterocycles. The summed E-state index contributed by atoms with van der Waals surface area (Å²) in [6, 6.07) is 16.7. The van der Waals surface area contributed by atoms with E-state index in [1.807, 2.05) is 12.1 Å². The van der Waals surface area contributed by atoms with Gasteiger partial charge in [-0.3, -0.25) is 0 Å². The largest absolute Gasteiger partial charge is 0.245 e. The van der Waals surface area contributed by atoms with Crippen LogP contribution in [-0.2, 0) is 0 Å². The molecule has 0 amide bonds. The number of rotatable bonds is 2. The Bertz CT molecular complexity index is 688. The van der Waals surface area contributed by atoms with Crippen molar-refractivity contribution in [3.63, 3.8) is 0 Å². The Morgan fingerprint density at radius 1 is 0.833 bits per heavy atom. The molecule has 86 valence electrons. The Hall–Kier alpha value is -2.48. The molecule has 0 fully saturated rings. The molecule has 0 aliphatic rings. The van der Waals surface area contributed by atoms with Gasteiger partial charge in [0.05, 0.1) is 5.69 Å². The van der Waals surface area contributed by atoms with Gasteiger partial charge in [0.2, 0.25) is 0 Å². The van der Waals surface area contributed by atoms with E-state index in [-0.39, 0.29) is 0 Å². The molecule has 2 aromatic carbocycles. The molecule has 0 aliphatic heterocycles. The number of hydrogen-bond donors (Lipinski definition) is 0. The van der Waals surface area contributed by atoms with E-state index in [9.17, 15) is 0 Å². The minimum Gasteiger partial charge on any atom is -0.245 e. The van der Waals surface area contributed by atoms with Gasteiger partial charge in [0.15, 0.2) is 0 Å². The predicted molar refractivity (Wildman–Crippen MR) is 74.9 cm³/mol. The molecule has 0 N–H and O–H groups in total. The van der Waals surface area contributed by atoms with Crippen LogP contribution in [0.5, 0.6) is 0 Å². The average molecular weight is 232 g/mol. The van der Waals surface area contributed by atoms with Gasteiger partial charge in [-0.15, -0.1) is 0 Å². The molecule has 3 aromatic rings. The van der Waals surface area contributed by atoms with Gasteiger partial charge >= 0.3 is 0 Å². The van der Waals surface area contributed by atoms with Crippen molar-refractivity contribution in [1.82, 2.24) is 9.97 Å². The molecule has 1 aromatic heterocycles. The second-order valence-corrected chi connectivity index (χ2v) is 4.07. The van der Waals surface area contributed by atoms with E-state index < -0.39 is 0 Å². The number of nitrogens with zero attached hydrogens (tertiary/aromatic N) is 2. The fourth-order valence-corrected chi connectivity index (χ4v) is 1.89. The van der Waals surface area contributed by atoms with Crippen LogP contribution in [0.1, 0.15) is 11.3 Å². The Labute approximate surface area is 106 Å². The summed E-state index contributed by atoms with van der Waals surface area (Å²) in [5, 5.41) is 2.51. The van der Waals surface area contributed by atoms with E-state index in [2.05, 4.69) is 58.5 Å². The van der Waals surface area contributed by atoms with Crippen molar-refractivity contribution >= 4 is 22.9 Å². The molecule has 0 spiro atoms. The van der Waals surface area contributed by atoms with E-state index in [1.165, 1.54) is 16.3 Å². The van der Waals surface area contributed by atoms with Gasteiger partial charge in [-0.25, -0.2) is 9.97 Å². The first kappa shape index (κ1) is 10.7. The maximum atomic E-state index is 4.16. The monoisotopic (exact) mass is 232 g/mol. The summed E-state index contributed by atoms with van der Waals surface area (Å²) in [5.41, 5.74) is 2.09. The fourth-order valence-electron chi connectivity index (χ4n) is 1.89. The highest BCUT2D eigenvalue weighted by atomic mass is 14.8. The molecule has 18 heavy (non-hydrogen) atoms. The van der Waals surface area contributed by atoms with Crippen molar-refractivity contribution in [3.05, 3.63) is 72.3 Å². The van der Waals surface area contributed by atoms with Crippen LogP contribution in [-0.4, -0.2) is 9.97 Å². The third-order valence-electron chi connectivity index (χ3n) is 2.82. The Morgan fingerprint density at radius 3 is 2.56 bits per heavy atom. The predicted octanol–water partition coefficient (Wildman–Crippen LogP) is 3.80. The number of aromatic nitrogens is 2. The third-order valence-corrected chi connectivity index (χ3v) is 2.82. The highest BCUT2D eigenvalue weighted by molar-refractivity contribution is 5.85. The van der Waals surface area contributed by atoms with E-state index in [4.69, 9.17) is 0 Å². The normalized spacial score (nSPS) is 11.1. The zero-order valence-electron chi connectivity index (χ0n) is 9.82. The average Bonchev–Trinajstić information content (AvgIpc) is 2.46. The summed E-state index contributed by atoms with van der Waals surface area (Å²) < 4.78 is 0. The van der Waals surface area contributed by atoms with Gasteiger partial charge in [-0.1, -0.05) is 42.5 Å². The number of benzene rings is 2. The molecule has 0 unspecified atom stereocenters. The lowest BCUT2D eigenvalue weighted by Gasteiger charge is -1.99. The lowest BCUT2D eigenvalue weighted by Crippen LogP contribution is -1.80. The molecule has 3 rings (SSSR count). The molecule has 0 atom stereocenters. The summed E-state index contributed by atoms with van der Waals surface area (Å²) in [6.07, 6.45) is 7.35. The quantitative estimate of drug-likeness (QED) is 0.671. The second-order valence-electron chi connectivity index (χ2n) is 4.07. The molecule has 0 saturated carbocycles. The van der Waals surface area contributed by atoms with Crippen molar-refractivity contribution in [2.45, 2.75) is 0 Å². The number of hydrogen-bond acceptors (Lipinski definition) is 2. The first-order valence-electron chi connectivity index (χ1n) is 5.85. The van der Waals surface area contributed by atoms with Crippen molar-refractivity contribution in [3.8, 4) is 0 Å². The van der Waals surface area contributed by atoms with E-state index in [0.29, 0.717) is 0 Å². The Balaban J connectivity index is 1.93. The molecule has 2 nitrogen and oxygen atoms in total. The van der Waals surface area contributed by atoms with Gasteiger partial charge in [-0.05, 0) is 34.5 Å². The molecular formula is C16H12N2. The molecule has 2 heteroatoms. The van der Waals surface area contributed by atoms with Crippen LogP contribution in [0, 0.1) is 0 Å². The van der Waals surface area contributed by atoms with Crippen molar-refractivity contribution in [2.24, 2.45) is 0 Å². The van der Waals surface area contributed by atoms with E-state index in [0.717, 1.165) is 5.69 Å². The summed E-state index contributed by atoms with van der Waals surface area (Å²) in [5.74, 6) is 0. The topological polar surface area (TPSA) is 25.8 Å². The third kappa shape index (κ3) is 2.28. The summed E-state index contributed by atoms with van der Waals surface area (Å²) in [6.45, 7) is 0. The lowest BCUT2D eigenvalue weighted by molar-refractivity contribution is 1.15. The van der Waals surface area contributed by atoms with Crippen LogP contribution in [0.2, 0.25) is 0 Å². The van der Waals surface area contributed by atoms with Crippen LogP contribution < -0.4 is 0 Å². The van der Waals surface area contributed by atoms with Crippen molar-refractivity contribution in [2.75, 3.05) is 0 Å². The highest BCUT2D eigenvalue weighted by Gasteiger charge is 1.93. The molecule has 0 radical (unpaired) electrons. The summed E-state index contributed by atoms with van der Waals surface area (Å²) in [7, 11) is 0. The van der Waals surface area contributed by atoms with Crippen LogP contribution in [0.4, 0.5) is 0 Å². The van der Waals surface area contributed by atoms with E-state index >= 15 is 0 Å². The number of fused-ring (bicyclic) bond motifs is 1. The standard InChI is InChI=1S/C16H12N2/c1-2-4-15-11-13(5-7-14(15)3-1)6-8-16-9-10-17-12-18-16/h1-12H/b8-6+. The van der Waals surface area contributed by atoms with Crippen LogP contribution in [0.3, 0.4) is 0 Å². The SMILES string of the molecule is C(=C\c1ccncn1)/c1ccc2ccccc2c1. The van der Waals surface area contributed by atoms with Gasteiger partial charge in [0.25, 0.3) is 0 Å². The van der Waals surface area contributed by atoms with Crippen LogP contribution in [0.15, 0.2) is 61.1 Å². The van der Waals surface area contributed by atoms with E-state index in [1.54, 1.807) is 12.5 Å². The lowest BCUT2D eigenvalue weighted by atomic mass is 10.1. The summed E-state index contributed by atoms with van der Waals surface area (Å²) >= 11 is 0. The Morgan fingerprint density at radius 2 is 1.72 bits per heavy atom. The minimum absolute atomic E-state index is 0.915. The van der Waals surface area contributed by atoms with Gasteiger partial charge in [0, 0.05) is 6.20 Å². The smallest absolute Gasteiger partial charge is 0.115 e. The Kier molecular flexibility index (Phi) is 2.84. The van der Waals surface area contributed by atoms with Crippen LogP contribution in [0.25, 0.3) is 22.9 Å². The zero-order valence-corrected chi connectivity index (χ0v) is 9.82. The zero-order chi connectivity index (χ0) is 12.2. The van der Waals surface area contributed by atoms with Gasteiger partial charge in [-0.2, -0.15) is 0 Å². The molecule has 1 heterocycles. The van der Waals surface area contributed by atoms with Gasteiger partial charge in [0.1, 0.15) is 6.33 Å². The van der Waals surface area contributed by atoms with Gasteiger partial charge < -0.3 is 0 Å². The van der Waals surface area contributed by atoms with Crippen molar-refractivity contribution in [1.29, 1.82) is 0 Å². The van der Waals surface area contributed by atoms with Crippen molar-refractivity contribution < 1.29 is 0 Å². The maximum absolute atomic E-state index is 4.16. The van der Waals surface area contributed by atoms with Crippen LogP contribution >= 0.6 is 0 Å². The second kappa shape index (κ2) is 4.80. The highest BCUT2D eigenvalue weighted by Crippen LogP contribution is 2.17. The maximum Gasteiger partial charge on any atom is 0.115 e. The minimum atomic E-state index is 0.915. The summed E-state index contributed by atoms with van der Waals surface area (Å²) in [4.78, 5) is 8.05. The first-order chi connectivity index (χ1) is 8.92. The fraction of sp³-hybridized carbons (Fsp3) is 0. The first-order valence-corrected chi connectivity index (χ1v) is 5.85. The molecule has 0 aliphatic carbocycles. The molecular weight excluding hydrogens is 220 g/mol.